The van der Waals surface area contributed by atoms with E-state index in [1.807, 2.05) is 13.0 Å². The Hall–Kier alpha value is -3.52. The quantitative estimate of drug-likeness (QED) is 0.248. The fourth-order valence-corrected chi connectivity index (χ4v) is 4.83. The first-order chi connectivity index (χ1) is 18.3. The molecule has 0 aromatic heterocycles. The highest BCUT2D eigenvalue weighted by Crippen LogP contribution is 2.42. The molecule has 2 unspecified atom stereocenters. The zero-order valence-corrected chi connectivity index (χ0v) is 22.6. The summed E-state index contributed by atoms with van der Waals surface area (Å²) in [5, 5.41) is 11.3. The molecule has 4 rings (SSSR count). The Balaban J connectivity index is 1.75. The monoisotopic (exact) mass is 523 g/mol. The van der Waals surface area contributed by atoms with Crippen LogP contribution in [0.3, 0.4) is 0 Å². The maximum atomic E-state index is 13.4. The van der Waals surface area contributed by atoms with Gasteiger partial charge in [-0.2, -0.15) is 0 Å². The molecule has 2 aromatic rings. The number of carbonyl (C=O) groups is 2. The first-order valence-corrected chi connectivity index (χ1v) is 13.3. The molecule has 2 aliphatic heterocycles. The van der Waals surface area contributed by atoms with Gasteiger partial charge in [0.15, 0.2) is 11.5 Å². The van der Waals surface area contributed by atoms with E-state index < -0.39 is 17.7 Å². The van der Waals surface area contributed by atoms with E-state index >= 15 is 0 Å². The molecule has 1 amide bonds. The lowest BCUT2D eigenvalue weighted by molar-refractivity contribution is -0.140. The largest absolute Gasteiger partial charge is 0.507 e. The lowest BCUT2D eigenvalue weighted by atomic mass is 9.94. The molecule has 2 atom stereocenters. The van der Waals surface area contributed by atoms with Crippen LogP contribution < -0.4 is 14.2 Å². The van der Waals surface area contributed by atoms with Gasteiger partial charge in [0, 0.05) is 18.7 Å². The van der Waals surface area contributed by atoms with Crippen molar-refractivity contribution in [3.8, 4) is 17.2 Å². The average molecular weight is 524 g/mol. The van der Waals surface area contributed by atoms with Crippen molar-refractivity contribution in [2.45, 2.75) is 52.2 Å². The van der Waals surface area contributed by atoms with Gasteiger partial charge in [0.25, 0.3) is 11.7 Å². The number of ketones is 1. The van der Waals surface area contributed by atoms with Crippen molar-refractivity contribution in [2.75, 3.05) is 33.5 Å². The molecule has 2 aliphatic rings. The molecule has 0 spiro atoms. The minimum Gasteiger partial charge on any atom is -0.507 e. The molecule has 204 valence electrons. The van der Waals surface area contributed by atoms with E-state index in [2.05, 4.69) is 13.8 Å². The van der Waals surface area contributed by atoms with Crippen LogP contribution in [0.1, 0.15) is 57.2 Å². The number of likely N-dealkylation sites (tertiary alicyclic amines) is 1. The number of benzene rings is 2. The summed E-state index contributed by atoms with van der Waals surface area (Å²) in [6, 6.07) is 11.4. The van der Waals surface area contributed by atoms with Crippen molar-refractivity contribution in [1.29, 1.82) is 0 Å². The van der Waals surface area contributed by atoms with Crippen LogP contribution in [-0.4, -0.2) is 61.3 Å². The Labute approximate surface area is 224 Å². The van der Waals surface area contributed by atoms with Crippen molar-refractivity contribution in [3.05, 3.63) is 59.2 Å². The molecule has 0 bridgehead atoms. The summed E-state index contributed by atoms with van der Waals surface area (Å²) in [4.78, 5) is 28.1. The molecule has 2 aromatic carbocycles. The predicted molar refractivity (Wildman–Crippen MR) is 144 cm³/mol. The van der Waals surface area contributed by atoms with E-state index in [0.29, 0.717) is 54.1 Å². The Morgan fingerprint density at radius 2 is 1.87 bits per heavy atom. The fraction of sp³-hybridized carbons (Fsp3) is 0.467. The second-order valence-electron chi connectivity index (χ2n) is 9.99. The Kier molecular flexibility index (Phi) is 8.94. The zero-order valence-electron chi connectivity index (χ0n) is 22.6. The molecular weight excluding hydrogens is 486 g/mol. The number of methoxy groups -OCH3 is 1. The summed E-state index contributed by atoms with van der Waals surface area (Å²) >= 11 is 0. The van der Waals surface area contributed by atoms with Crippen LogP contribution in [0.2, 0.25) is 0 Å². The minimum atomic E-state index is -0.801. The summed E-state index contributed by atoms with van der Waals surface area (Å²) in [5.41, 5.74) is 1.10. The molecule has 8 heteroatoms. The SMILES string of the molecule is CCOc1ccc(/C(O)=C2/C(=O)C(=O)N(CC3CCCO3)C2c2ccc(OCCC(C)C)c(OC)c2)cc1. The molecule has 0 aliphatic carbocycles. The zero-order chi connectivity index (χ0) is 27.2. The van der Waals surface area contributed by atoms with Gasteiger partial charge in [0.1, 0.15) is 11.5 Å². The number of hydrogen-bond acceptors (Lipinski definition) is 7. The molecule has 0 radical (unpaired) electrons. The second-order valence-corrected chi connectivity index (χ2v) is 9.99. The van der Waals surface area contributed by atoms with Gasteiger partial charge < -0.3 is 29.0 Å². The first-order valence-electron chi connectivity index (χ1n) is 13.3. The standard InChI is InChI=1S/C30H37NO7/c1-5-36-22-11-8-20(9-12-22)28(32)26-27(31(30(34)29(26)33)18-23-7-6-15-37-23)21-10-13-24(25(17-21)35-4)38-16-14-19(2)3/h8-13,17,19,23,27,32H,5-7,14-16,18H2,1-4H3/b28-26-. The fourth-order valence-electron chi connectivity index (χ4n) is 4.83. The van der Waals surface area contributed by atoms with E-state index in [0.717, 1.165) is 19.3 Å². The molecule has 0 saturated carbocycles. The number of Topliss-reactive ketones (excluding diaryl/α,β-unsaturated/α-hetero) is 1. The summed E-state index contributed by atoms with van der Waals surface area (Å²) in [6.07, 6.45) is 2.44. The summed E-state index contributed by atoms with van der Waals surface area (Å²) in [6.45, 7) is 8.09. The number of amides is 1. The maximum Gasteiger partial charge on any atom is 0.295 e. The van der Waals surface area contributed by atoms with Gasteiger partial charge in [0.05, 0.1) is 38.0 Å². The third kappa shape index (κ3) is 5.96. The minimum absolute atomic E-state index is 0.0349. The van der Waals surface area contributed by atoms with Crippen LogP contribution >= 0.6 is 0 Å². The third-order valence-electron chi connectivity index (χ3n) is 6.86. The molecule has 2 saturated heterocycles. The maximum absolute atomic E-state index is 13.4. The molecule has 2 heterocycles. The molecule has 38 heavy (non-hydrogen) atoms. The van der Waals surface area contributed by atoms with Crippen molar-refractivity contribution >= 4 is 17.4 Å². The van der Waals surface area contributed by atoms with E-state index in [1.54, 1.807) is 43.5 Å². The van der Waals surface area contributed by atoms with E-state index in [1.165, 1.54) is 4.90 Å². The number of aliphatic hydroxyl groups excluding tert-OH is 1. The normalized spacial score (nSPS) is 20.8. The van der Waals surface area contributed by atoms with Gasteiger partial charge in [-0.05, 0) is 74.1 Å². The summed E-state index contributed by atoms with van der Waals surface area (Å²) in [5.74, 6) is 0.611. The lowest BCUT2D eigenvalue weighted by Crippen LogP contribution is -2.36. The number of hydrogen-bond donors (Lipinski definition) is 1. The van der Waals surface area contributed by atoms with Crippen molar-refractivity contribution in [2.24, 2.45) is 5.92 Å². The van der Waals surface area contributed by atoms with Crippen LogP contribution in [0.4, 0.5) is 0 Å². The summed E-state index contributed by atoms with van der Waals surface area (Å²) < 4.78 is 22.8. The van der Waals surface area contributed by atoms with Gasteiger partial charge in [0.2, 0.25) is 0 Å². The average Bonchev–Trinajstić information content (AvgIpc) is 3.51. The van der Waals surface area contributed by atoms with Gasteiger partial charge in [-0.1, -0.05) is 19.9 Å². The van der Waals surface area contributed by atoms with Gasteiger partial charge in [-0.3, -0.25) is 9.59 Å². The van der Waals surface area contributed by atoms with Crippen LogP contribution in [0, 0.1) is 5.92 Å². The number of nitrogens with zero attached hydrogens (tertiary/aromatic N) is 1. The van der Waals surface area contributed by atoms with E-state index in [4.69, 9.17) is 18.9 Å². The van der Waals surface area contributed by atoms with Crippen LogP contribution in [0.25, 0.3) is 5.76 Å². The Bertz CT molecular complexity index is 1170. The third-order valence-corrected chi connectivity index (χ3v) is 6.86. The first kappa shape index (κ1) is 27.5. The van der Waals surface area contributed by atoms with Crippen molar-refractivity contribution in [1.82, 2.24) is 4.90 Å². The smallest absolute Gasteiger partial charge is 0.295 e. The predicted octanol–water partition coefficient (Wildman–Crippen LogP) is 5.12. The van der Waals surface area contributed by atoms with E-state index in [9.17, 15) is 14.7 Å². The lowest BCUT2D eigenvalue weighted by Gasteiger charge is -2.28. The van der Waals surface area contributed by atoms with Crippen LogP contribution in [0.5, 0.6) is 17.2 Å². The topological polar surface area (TPSA) is 94.5 Å². The van der Waals surface area contributed by atoms with Crippen molar-refractivity contribution < 1.29 is 33.6 Å². The molecule has 8 nitrogen and oxygen atoms in total. The summed E-state index contributed by atoms with van der Waals surface area (Å²) in [7, 11) is 1.55. The van der Waals surface area contributed by atoms with Gasteiger partial charge in [-0.25, -0.2) is 0 Å². The number of carbonyl (C=O) groups excluding carboxylic acids is 2. The van der Waals surface area contributed by atoms with Gasteiger partial charge in [-0.15, -0.1) is 0 Å². The second kappa shape index (κ2) is 12.3. The Morgan fingerprint density at radius 1 is 1.11 bits per heavy atom. The molecular formula is C30H37NO7. The van der Waals surface area contributed by atoms with Crippen molar-refractivity contribution in [3.63, 3.8) is 0 Å². The van der Waals surface area contributed by atoms with E-state index in [-0.39, 0.29) is 24.0 Å². The van der Waals surface area contributed by atoms with Gasteiger partial charge >= 0.3 is 0 Å². The number of ether oxygens (including phenoxy) is 4. The van der Waals surface area contributed by atoms with Crippen LogP contribution in [0.15, 0.2) is 48.0 Å². The molecule has 2 fully saturated rings. The van der Waals surface area contributed by atoms with Crippen LogP contribution in [-0.2, 0) is 14.3 Å². The Morgan fingerprint density at radius 3 is 2.50 bits per heavy atom. The number of aliphatic hydroxyl groups is 1. The highest BCUT2D eigenvalue weighted by Gasteiger charge is 2.47. The molecule has 1 N–H and O–H groups in total. The highest BCUT2D eigenvalue weighted by molar-refractivity contribution is 6.46. The number of rotatable bonds is 11. The highest BCUT2D eigenvalue weighted by atomic mass is 16.5.